The average molecular weight is 275 g/mol. The third-order valence-corrected chi connectivity index (χ3v) is 3.64. The van der Waals surface area contributed by atoms with Crippen LogP contribution in [0.25, 0.3) is 10.9 Å². The number of ether oxygens (including phenoxy) is 2. The van der Waals surface area contributed by atoms with Gasteiger partial charge in [-0.25, -0.2) is 0 Å². The van der Waals surface area contributed by atoms with Gasteiger partial charge in [-0.1, -0.05) is 19.8 Å². The van der Waals surface area contributed by atoms with Crippen LogP contribution in [-0.2, 0) is 9.47 Å². The van der Waals surface area contributed by atoms with Gasteiger partial charge in [-0.15, -0.1) is 0 Å². The topological polar surface area (TPSA) is 59.2 Å². The minimum absolute atomic E-state index is 0.0812. The lowest BCUT2D eigenvalue weighted by atomic mass is 10.1. The Bertz CT molecular complexity index is 563. The van der Waals surface area contributed by atoms with Crippen LogP contribution in [0.1, 0.15) is 33.1 Å². The molecule has 1 unspecified atom stereocenters. The first-order valence-corrected chi connectivity index (χ1v) is 7.27. The molecular formula is C15H21N3O2. The molecule has 1 saturated heterocycles. The monoisotopic (exact) mass is 275 g/mol. The SMILES string of the molecule is CCCCC(Nc1ccc2[nH]ncc2c1)C1OC(C)O1. The normalized spacial score (nSPS) is 23.5. The molecule has 2 aromatic rings. The first-order valence-electron chi connectivity index (χ1n) is 7.27. The van der Waals surface area contributed by atoms with Crippen LogP contribution in [0.4, 0.5) is 5.69 Å². The Morgan fingerprint density at radius 3 is 3.00 bits per heavy atom. The van der Waals surface area contributed by atoms with Crippen LogP contribution >= 0.6 is 0 Å². The van der Waals surface area contributed by atoms with Gasteiger partial charge in [0.05, 0.1) is 17.8 Å². The Hall–Kier alpha value is -1.59. The maximum atomic E-state index is 5.64. The van der Waals surface area contributed by atoms with Crippen molar-refractivity contribution >= 4 is 16.6 Å². The molecule has 1 aromatic carbocycles. The molecule has 108 valence electrons. The molecule has 1 aromatic heterocycles. The molecular weight excluding hydrogens is 254 g/mol. The molecule has 0 amide bonds. The van der Waals surface area contributed by atoms with Gasteiger partial charge in [-0.05, 0) is 31.5 Å². The molecule has 0 bridgehead atoms. The second kappa shape index (κ2) is 5.81. The quantitative estimate of drug-likeness (QED) is 0.849. The van der Waals surface area contributed by atoms with Crippen LogP contribution in [0.15, 0.2) is 24.4 Å². The number of rotatable bonds is 6. The summed E-state index contributed by atoms with van der Waals surface area (Å²) in [6, 6.07) is 6.38. The number of aromatic nitrogens is 2. The van der Waals surface area contributed by atoms with Gasteiger partial charge in [0.15, 0.2) is 12.6 Å². The van der Waals surface area contributed by atoms with E-state index in [9.17, 15) is 0 Å². The molecule has 0 radical (unpaired) electrons. The van der Waals surface area contributed by atoms with Crippen LogP contribution in [0.3, 0.4) is 0 Å². The summed E-state index contributed by atoms with van der Waals surface area (Å²) in [4.78, 5) is 0. The molecule has 5 nitrogen and oxygen atoms in total. The van der Waals surface area contributed by atoms with E-state index >= 15 is 0 Å². The average Bonchev–Trinajstić information content (AvgIpc) is 2.87. The minimum atomic E-state index is -0.142. The molecule has 1 aliphatic rings. The number of H-pyrrole nitrogens is 1. The highest BCUT2D eigenvalue weighted by molar-refractivity contribution is 5.81. The standard InChI is InChI=1S/C15H21N3O2/c1-3-4-5-14(15-19-10(2)20-15)17-12-6-7-13-11(8-12)9-16-18-13/h6-10,14-15,17H,3-5H2,1-2H3,(H,16,18). The van der Waals surface area contributed by atoms with Gasteiger partial charge in [-0.2, -0.15) is 5.10 Å². The maximum Gasteiger partial charge on any atom is 0.183 e. The van der Waals surface area contributed by atoms with Crippen molar-refractivity contribution in [2.45, 2.75) is 51.7 Å². The van der Waals surface area contributed by atoms with E-state index in [0.717, 1.165) is 29.4 Å². The Balaban J connectivity index is 1.70. The van der Waals surface area contributed by atoms with E-state index < -0.39 is 0 Å². The number of aromatic amines is 1. The maximum absolute atomic E-state index is 5.64. The van der Waals surface area contributed by atoms with Crippen LogP contribution in [0, 0.1) is 0 Å². The van der Waals surface area contributed by atoms with E-state index in [2.05, 4.69) is 34.6 Å². The predicted molar refractivity (Wildman–Crippen MR) is 78.4 cm³/mol. The summed E-state index contributed by atoms with van der Waals surface area (Å²) in [7, 11) is 0. The van der Waals surface area contributed by atoms with Gasteiger partial charge in [0.2, 0.25) is 0 Å². The molecule has 1 fully saturated rings. The van der Waals surface area contributed by atoms with E-state index in [4.69, 9.17) is 9.47 Å². The molecule has 2 heterocycles. The Morgan fingerprint density at radius 2 is 2.25 bits per heavy atom. The lowest BCUT2D eigenvalue weighted by Crippen LogP contribution is -2.49. The van der Waals surface area contributed by atoms with Crippen molar-refractivity contribution in [1.29, 1.82) is 0 Å². The number of fused-ring (bicyclic) bond motifs is 1. The number of nitrogens with one attached hydrogen (secondary N) is 2. The zero-order valence-corrected chi connectivity index (χ0v) is 11.9. The van der Waals surface area contributed by atoms with E-state index in [0.29, 0.717) is 0 Å². The van der Waals surface area contributed by atoms with Gasteiger partial charge >= 0.3 is 0 Å². The van der Waals surface area contributed by atoms with Crippen LogP contribution in [-0.4, -0.2) is 28.8 Å². The van der Waals surface area contributed by atoms with E-state index in [1.165, 1.54) is 6.42 Å². The number of anilines is 1. The largest absolute Gasteiger partial charge is 0.377 e. The molecule has 0 saturated carbocycles. The Kier molecular flexibility index (Phi) is 3.89. The Morgan fingerprint density at radius 1 is 1.40 bits per heavy atom. The third kappa shape index (κ3) is 2.78. The fourth-order valence-electron chi connectivity index (χ4n) is 2.52. The zero-order chi connectivity index (χ0) is 13.9. The number of hydrogen-bond donors (Lipinski definition) is 2. The van der Waals surface area contributed by atoms with Crippen LogP contribution in [0.5, 0.6) is 0 Å². The van der Waals surface area contributed by atoms with Crippen molar-refractivity contribution in [2.75, 3.05) is 5.32 Å². The highest BCUT2D eigenvalue weighted by Crippen LogP contribution is 2.26. The van der Waals surface area contributed by atoms with E-state index in [-0.39, 0.29) is 18.6 Å². The second-order valence-electron chi connectivity index (χ2n) is 5.27. The van der Waals surface area contributed by atoms with E-state index in [1.54, 1.807) is 0 Å². The summed E-state index contributed by atoms with van der Waals surface area (Å²) in [6.45, 7) is 4.12. The highest BCUT2D eigenvalue weighted by Gasteiger charge is 2.34. The first-order chi connectivity index (χ1) is 9.76. The summed E-state index contributed by atoms with van der Waals surface area (Å²) >= 11 is 0. The molecule has 2 N–H and O–H groups in total. The molecule has 5 heteroatoms. The minimum Gasteiger partial charge on any atom is -0.377 e. The summed E-state index contributed by atoms with van der Waals surface area (Å²) in [5.41, 5.74) is 2.12. The lowest BCUT2D eigenvalue weighted by Gasteiger charge is -2.39. The molecule has 3 rings (SSSR count). The predicted octanol–water partition coefficient (Wildman–Crippen LogP) is 3.25. The van der Waals surface area contributed by atoms with Crippen LogP contribution < -0.4 is 5.32 Å². The van der Waals surface area contributed by atoms with Gasteiger partial charge in [0.1, 0.15) is 0 Å². The Labute approximate surface area is 118 Å². The van der Waals surface area contributed by atoms with Crippen molar-refractivity contribution < 1.29 is 9.47 Å². The van der Waals surface area contributed by atoms with Crippen molar-refractivity contribution in [3.05, 3.63) is 24.4 Å². The third-order valence-electron chi connectivity index (χ3n) is 3.64. The molecule has 20 heavy (non-hydrogen) atoms. The number of nitrogens with zero attached hydrogens (tertiary/aromatic N) is 1. The smallest absolute Gasteiger partial charge is 0.183 e. The molecule has 0 spiro atoms. The summed E-state index contributed by atoms with van der Waals surface area (Å²) in [5.74, 6) is 0. The first kappa shape index (κ1) is 13.4. The highest BCUT2D eigenvalue weighted by atomic mass is 16.9. The van der Waals surface area contributed by atoms with Crippen molar-refractivity contribution in [3.8, 4) is 0 Å². The fraction of sp³-hybridized carbons (Fsp3) is 0.533. The fourth-order valence-corrected chi connectivity index (χ4v) is 2.52. The number of unbranched alkanes of at least 4 members (excludes halogenated alkanes) is 1. The number of hydrogen-bond acceptors (Lipinski definition) is 4. The van der Waals surface area contributed by atoms with Gasteiger partial charge in [-0.3, -0.25) is 5.10 Å². The van der Waals surface area contributed by atoms with Gasteiger partial charge < -0.3 is 14.8 Å². The summed E-state index contributed by atoms with van der Waals surface area (Å²) in [5, 5.41) is 11.6. The number of benzene rings is 1. The molecule has 1 atom stereocenters. The van der Waals surface area contributed by atoms with Crippen molar-refractivity contribution in [1.82, 2.24) is 10.2 Å². The van der Waals surface area contributed by atoms with Crippen molar-refractivity contribution in [3.63, 3.8) is 0 Å². The zero-order valence-electron chi connectivity index (χ0n) is 11.9. The molecule has 0 aliphatic carbocycles. The van der Waals surface area contributed by atoms with Gasteiger partial charge in [0.25, 0.3) is 0 Å². The lowest BCUT2D eigenvalue weighted by molar-refractivity contribution is -0.379. The molecule has 1 aliphatic heterocycles. The second-order valence-corrected chi connectivity index (χ2v) is 5.27. The summed E-state index contributed by atoms with van der Waals surface area (Å²) < 4.78 is 11.3. The summed E-state index contributed by atoms with van der Waals surface area (Å²) in [6.07, 6.45) is 4.97. The van der Waals surface area contributed by atoms with Gasteiger partial charge in [0, 0.05) is 11.1 Å². The van der Waals surface area contributed by atoms with E-state index in [1.807, 2.05) is 19.2 Å². The van der Waals surface area contributed by atoms with Crippen LogP contribution in [0.2, 0.25) is 0 Å². The van der Waals surface area contributed by atoms with Crippen molar-refractivity contribution in [2.24, 2.45) is 0 Å².